The number of anilines is 1. The minimum absolute atomic E-state index is 0.0102. The van der Waals surface area contributed by atoms with Crippen LogP contribution in [0.15, 0.2) is 6.33 Å². The van der Waals surface area contributed by atoms with Gasteiger partial charge in [0.25, 0.3) is 0 Å². The zero-order valence-corrected chi connectivity index (χ0v) is 8.55. The van der Waals surface area contributed by atoms with Gasteiger partial charge in [-0.25, -0.2) is 9.67 Å². The molecule has 0 saturated heterocycles. The van der Waals surface area contributed by atoms with Gasteiger partial charge in [-0.3, -0.25) is 4.79 Å². The zero-order chi connectivity index (χ0) is 11.1. The average molecular weight is 214 g/mol. The van der Waals surface area contributed by atoms with E-state index in [9.17, 15) is 4.79 Å². The first-order valence-corrected chi connectivity index (χ1v) is 4.60. The zero-order valence-electron chi connectivity index (χ0n) is 8.55. The second-order valence-electron chi connectivity index (χ2n) is 2.72. The van der Waals surface area contributed by atoms with Crippen molar-refractivity contribution in [2.45, 2.75) is 13.5 Å². The maximum Gasteiger partial charge on any atom is 0.327 e. The van der Waals surface area contributed by atoms with Gasteiger partial charge in [-0.1, -0.05) is 0 Å². The summed E-state index contributed by atoms with van der Waals surface area (Å²) in [4.78, 5) is 14.9. The van der Waals surface area contributed by atoms with Gasteiger partial charge in [0.15, 0.2) is 0 Å². The Labute approximate surface area is 87.2 Å². The molecule has 7 nitrogen and oxygen atoms in total. The lowest BCUT2D eigenvalue weighted by Crippen LogP contribution is -2.16. The second-order valence-corrected chi connectivity index (χ2v) is 2.72. The first-order chi connectivity index (χ1) is 7.22. The van der Waals surface area contributed by atoms with Crippen LogP contribution in [0.5, 0.6) is 0 Å². The molecule has 15 heavy (non-hydrogen) atoms. The van der Waals surface area contributed by atoms with Crippen molar-refractivity contribution < 1.29 is 14.3 Å². The Morgan fingerprint density at radius 3 is 3.00 bits per heavy atom. The van der Waals surface area contributed by atoms with Crippen molar-refractivity contribution in [1.82, 2.24) is 14.8 Å². The van der Waals surface area contributed by atoms with Gasteiger partial charge in [-0.05, 0) is 6.92 Å². The fourth-order valence-electron chi connectivity index (χ4n) is 0.922. The lowest BCUT2D eigenvalue weighted by Gasteiger charge is -2.04. The third kappa shape index (κ3) is 4.41. The summed E-state index contributed by atoms with van der Waals surface area (Å²) in [5.74, 6) is -0.253. The van der Waals surface area contributed by atoms with Crippen molar-refractivity contribution in [2.24, 2.45) is 0 Å². The fourth-order valence-corrected chi connectivity index (χ4v) is 0.922. The Bertz CT molecular complexity index is 313. The quantitative estimate of drug-likeness (QED) is 0.504. The second kappa shape index (κ2) is 5.97. The lowest BCUT2D eigenvalue weighted by molar-refractivity contribution is -0.146. The topological polar surface area (TPSA) is 92.3 Å². The fraction of sp³-hybridized carbons (Fsp3) is 0.625. The highest BCUT2D eigenvalue weighted by molar-refractivity contribution is 5.68. The lowest BCUT2D eigenvalue weighted by atomic mass is 10.6. The monoisotopic (exact) mass is 214 g/mol. The number of carbonyl (C=O) groups is 1. The van der Waals surface area contributed by atoms with Gasteiger partial charge in [0.2, 0.25) is 5.95 Å². The SMILES string of the molecule is CCOCCOC(=O)Cn1cnc(N)n1. The molecular weight excluding hydrogens is 200 g/mol. The van der Waals surface area contributed by atoms with Crippen LogP contribution in [-0.2, 0) is 20.8 Å². The maximum absolute atomic E-state index is 11.2. The van der Waals surface area contributed by atoms with Crippen molar-refractivity contribution in [3.05, 3.63) is 6.33 Å². The van der Waals surface area contributed by atoms with Crippen LogP contribution in [-0.4, -0.2) is 40.6 Å². The van der Waals surface area contributed by atoms with E-state index in [1.165, 1.54) is 11.0 Å². The van der Waals surface area contributed by atoms with Gasteiger partial charge in [-0.15, -0.1) is 5.10 Å². The van der Waals surface area contributed by atoms with Crippen LogP contribution < -0.4 is 5.73 Å². The molecule has 7 heteroatoms. The summed E-state index contributed by atoms with van der Waals surface area (Å²) < 4.78 is 11.2. The molecule has 0 spiro atoms. The van der Waals surface area contributed by atoms with Crippen molar-refractivity contribution >= 4 is 11.9 Å². The molecule has 0 bridgehead atoms. The number of hydrogen-bond donors (Lipinski definition) is 1. The highest BCUT2D eigenvalue weighted by atomic mass is 16.6. The van der Waals surface area contributed by atoms with E-state index in [2.05, 4.69) is 10.1 Å². The van der Waals surface area contributed by atoms with Crippen molar-refractivity contribution in [1.29, 1.82) is 0 Å². The molecular formula is C8H14N4O3. The Balaban J connectivity index is 2.18. The third-order valence-corrected chi connectivity index (χ3v) is 1.54. The summed E-state index contributed by atoms with van der Waals surface area (Å²) in [6.45, 7) is 3.14. The van der Waals surface area contributed by atoms with Crippen molar-refractivity contribution in [3.8, 4) is 0 Å². The molecule has 2 N–H and O–H groups in total. The summed E-state index contributed by atoms with van der Waals surface area (Å²) in [5, 5.41) is 3.75. The van der Waals surface area contributed by atoms with E-state index in [-0.39, 0.29) is 25.1 Å². The number of nitrogen functional groups attached to an aromatic ring is 1. The summed E-state index contributed by atoms with van der Waals surface area (Å²) in [6, 6.07) is 0. The van der Waals surface area contributed by atoms with Gasteiger partial charge in [-0.2, -0.15) is 0 Å². The molecule has 0 fully saturated rings. The summed E-state index contributed by atoms with van der Waals surface area (Å²) in [7, 11) is 0. The molecule has 0 radical (unpaired) electrons. The molecule has 84 valence electrons. The Morgan fingerprint density at radius 1 is 1.60 bits per heavy atom. The molecule has 1 aromatic rings. The largest absolute Gasteiger partial charge is 0.462 e. The smallest absolute Gasteiger partial charge is 0.327 e. The Morgan fingerprint density at radius 2 is 2.40 bits per heavy atom. The molecule has 0 aliphatic rings. The summed E-state index contributed by atoms with van der Waals surface area (Å²) in [6.07, 6.45) is 1.37. The van der Waals surface area contributed by atoms with Crippen LogP contribution >= 0.6 is 0 Å². The number of ether oxygens (including phenoxy) is 2. The number of carbonyl (C=O) groups excluding carboxylic acids is 1. The maximum atomic E-state index is 11.2. The first-order valence-electron chi connectivity index (χ1n) is 4.60. The molecule has 1 rings (SSSR count). The van der Waals surface area contributed by atoms with Crippen molar-refractivity contribution in [3.63, 3.8) is 0 Å². The van der Waals surface area contributed by atoms with Crippen LogP contribution in [0.4, 0.5) is 5.95 Å². The number of rotatable bonds is 6. The van der Waals surface area contributed by atoms with Gasteiger partial charge < -0.3 is 15.2 Å². The van der Waals surface area contributed by atoms with E-state index in [0.29, 0.717) is 13.2 Å². The number of esters is 1. The number of nitrogens with zero attached hydrogens (tertiary/aromatic N) is 3. The highest BCUT2D eigenvalue weighted by Crippen LogP contribution is 1.91. The van der Waals surface area contributed by atoms with E-state index in [1.807, 2.05) is 6.92 Å². The first kappa shape index (κ1) is 11.4. The minimum Gasteiger partial charge on any atom is -0.462 e. The van der Waals surface area contributed by atoms with Crippen LogP contribution in [0.1, 0.15) is 6.92 Å². The van der Waals surface area contributed by atoms with Gasteiger partial charge in [0.05, 0.1) is 6.61 Å². The number of hydrogen-bond acceptors (Lipinski definition) is 6. The van der Waals surface area contributed by atoms with E-state index in [1.54, 1.807) is 0 Å². The molecule has 0 aliphatic carbocycles. The Kier molecular flexibility index (Phi) is 4.55. The van der Waals surface area contributed by atoms with Crippen molar-refractivity contribution in [2.75, 3.05) is 25.6 Å². The average Bonchev–Trinajstić information content (AvgIpc) is 2.59. The molecule has 0 unspecified atom stereocenters. The van der Waals surface area contributed by atoms with Crippen LogP contribution in [0, 0.1) is 0 Å². The molecule has 0 saturated carbocycles. The van der Waals surface area contributed by atoms with Crippen LogP contribution in [0.3, 0.4) is 0 Å². The molecule has 0 atom stereocenters. The minimum atomic E-state index is -0.389. The van der Waals surface area contributed by atoms with Gasteiger partial charge in [0, 0.05) is 6.61 Å². The van der Waals surface area contributed by atoms with E-state index in [4.69, 9.17) is 15.2 Å². The van der Waals surface area contributed by atoms with E-state index < -0.39 is 0 Å². The van der Waals surface area contributed by atoms with E-state index >= 15 is 0 Å². The van der Waals surface area contributed by atoms with Gasteiger partial charge >= 0.3 is 5.97 Å². The normalized spacial score (nSPS) is 10.2. The van der Waals surface area contributed by atoms with Crippen LogP contribution in [0.25, 0.3) is 0 Å². The molecule has 0 aliphatic heterocycles. The highest BCUT2D eigenvalue weighted by Gasteiger charge is 2.05. The summed E-state index contributed by atoms with van der Waals surface area (Å²) in [5.41, 5.74) is 5.28. The number of nitrogens with two attached hydrogens (primary N) is 1. The van der Waals surface area contributed by atoms with Crippen LogP contribution in [0.2, 0.25) is 0 Å². The molecule has 0 amide bonds. The number of aromatic nitrogens is 3. The molecule has 1 aromatic heterocycles. The van der Waals surface area contributed by atoms with E-state index in [0.717, 1.165) is 0 Å². The van der Waals surface area contributed by atoms with Gasteiger partial charge in [0.1, 0.15) is 19.5 Å². The molecule has 1 heterocycles. The third-order valence-electron chi connectivity index (χ3n) is 1.54. The summed E-state index contributed by atoms with van der Waals surface area (Å²) >= 11 is 0. The standard InChI is InChI=1S/C8H14N4O3/c1-2-14-3-4-15-7(13)5-12-6-10-8(9)11-12/h6H,2-5H2,1H3,(H2,9,11). The predicted molar refractivity (Wildman–Crippen MR) is 51.9 cm³/mol. The predicted octanol–water partition coefficient (Wildman–Crippen LogP) is -0.560. The molecule has 0 aromatic carbocycles. The Hall–Kier alpha value is -1.63.